The third kappa shape index (κ3) is 5.07. The van der Waals surface area contributed by atoms with Crippen molar-refractivity contribution in [2.24, 2.45) is 0 Å². The van der Waals surface area contributed by atoms with Crippen LogP contribution in [0.25, 0.3) is 0 Å². The second kappa shape index (κ2) is 8.24. The quantitative estimate of drug-likeness (QED) is 0.708. The smallest absolute Gasteiger partial charge is 0.352 e. The predicted molar refractivity (Wildman–Crippen MR) is 69.2 cm³/mol. The molecule has 0 fully saturated rings. The minimum Gasteiger partial charge on any atom is -0.463 e. The Hall–Kier alpha value is -1.91. The summed E-state index contributed by atoms with van der Waals surface area (Å²) in [6.07, 6.45) is 3.72. The molecule has 104 valence electrons. The van der Waals surface area contributed by atoms with Gasteiger partial charge in [0.05, 0.1) is 6.61 Å². The van der Waals surface area contributed by atoms with E-state index in [1.54, 1.807) is 18.3 Å². The van der Waals surface area contributed by atoms with E-state index in [4.69, 9.17) is 9.47 Å². The number of rotatable bonds is 7. The lowest BCUT2D eigenvalue weighted by atomic mass is 10.1. The van der Waals surface area contributed by atoms with Gasteiger partial charge in [0.25, 0.3) is 0 Å². The van der Waals surface area contributed by atoms with Crippen molar-refractivity contribution < 1.29 is 19.1 Å². The summed E-state index contributed by atoms with van der Waals surface area (Å²) in [4.78, 5) is 27.4. The first kappa shape index (κ1) is 15.1. The predicted octanol–water partition coefficient (Wildman–Crippen LogP) is 2.42. The van der Waals surface area contributed by atoms with Crippen molar-refractivity contribution in [3.05, 3.63) is 30.1 Å². The van der Waals surface area contributed by atoms with Crippen LogP contribution in [0.1, 0.15) is 44.8 Å². The van der Waals surface area contributed by atoms with Crippen LogP contribution in [-0.4, -0.2) is 23.5 Å². The Morgan fingerprint density at radius 3 is 2.68 bits per heavy atom. The highest BCUT2D eigenvalue weighted by Gasteiger charge is 2.26. The highest BCUT2D eigenvalue weighted by molar-refractivity contribution is 5.80. The Morgan fingerprint density at radius 1 is 1.32 bits per heavy atom. The zero-order valence-corrected chi connectivity index (χ0v) is 11.3. The van der Waals surface area contributed by atoms with Crippen molar-refractivity contribution in [3.8, 4) is 0 Å². The molecular formula is C14H19NO4. The van der Waals surface area contributed by atoms with Crippen molar-refractivity contribution in [3.63, 3.8) is 0 Å². The number of esters is 2. The van der Waals surface area contributed by atoms with Crippen LogP contribution in [-0.2, 0) is 19.1 Å². The third-order valence-electron chi connectivity index (χ3n) is 2.35. The molecule has 19 heavy (non-hydrogen) atoms. The van der Waals surface area contributed by atoms with E-state index < -0.39 is 18.0 Å². The van der Waals surface area contributed by atoms with Crippen molar-refractivity contribution in [2.75, 3.05) is 6.61 Å². The molecule has 0 spiro atoms. The molecule has 1 heterocycles. The molecule has 0 aromatic carbocycles. The van der Waals surface area contributed by atoms with Gasteiger partial charge in [0, 0.05) is 24.4 Å². The molecular weight excluding hydrogens is 246 g/mol. The van der Waals surface area contributed by atoms with Crippen LogP contribution in [0.4, 0.5) is 0 Å². The molecule has 1 unspecified atom stereocenters. The SMILES string of the molecule is CCCOC(=O)C(OC(=O)CCC)c1cccnc1. The van der Waals surface area contributed by atoms with Gasteiger partial charge in [0.2, 0.25) is 6.10 Å². The number of pyridine rings is 1. The molecule has 0 saturated heterocycles. The Balaban J connectivity index is 2.79. The van der Waals surface area contributed by atoms with Crippen molar-refractivity contribution >= 4 is 11.9 Å². The van der Waals surface area contributed by atoms with Gasteiger partial charge < -0.3 is 9.47 Å². The minimum absolute atomic E-state index is 0.276. The maximum Gasteiger partial charge on any atom is 0.352 e. The highest BCUT2D eigenvalue weighted by atomic mass is 16.6. The first-order valence-corrected chi connectivity index (χ1v) is 6.45. The van der Waals surface area contributed by atoms with Crippen LogP contribution in [0.2, 0.25) is 0 Å². The first-order valence-electron chi connectivity index (χ1n) is 6.45. The summed E-state index contributed by atoms with van der Waals surface area (Å²) in [7, 11) is 0. The molecule has 1 aromatic rings. The van der Waals surface area contributed by atoms with Crippen LogP contribution in [0.3, 0.4) is 0 Å². The standard InChI is InChI=1S/C14H19NO4/c1-3-6-12(16)19-13(14(17)18-9-4-2)11-7-5-8-15-10-11/h5,7-8,10,13H,3-4,6,9H2,1-2H3. The van der Waals surface area contributed by atoms with Crippen LogP contribution >= 0.6 is 0 Å². The van der Waals surface area contributed by atoms with Crippen LogP contribution in [0.5, 0.6) is 0 Å². The van der Waals surface area contributed by atoms with Gasteiger partial charge in [-0.3, -0.25) is 9.78 Å². The summed E-state index contributed by atoms with van der Waals surface area (Å²) in [6, 6.07) is 3.37. The number of nitrogens with zero attached hydrogens (tertiary/aromatic N) is 1. The summed E-state index contributed by atoms with van der Waals surface area (Å²) in [5, 5.41) is 0. The summed E-state index contributed by atoms with van der Waals surface area (Å²) in [6.45, 7) is 4.08. The van der Waals surface area contributed by atoms with Gasteiger partial charge in [-0.25, -0.2) is 4.79 Å². The van der Waals surface area contributed by atoms with Gasteiger partial charge in [-0.1, -0.05) is 19.9 Å². The van der Waals surface area contributed by atoms with E-state index in [1.165, 1.54) is 6.20 Å². The monoisotopic (exact) mass is 265 g/mol. The van der Waals surface area contributed by atoms with Gasteiger partial charge in [-0.15, -0.1) is 0 Å². The number of hydrogen-bond acceptors (Lipinski definition) is 5. The van der Waals surface area contributed by atoms with Crippen LogP contribution in [0.15, 0.2) is 24.5 Å². The van der Waals surface area contributed by atoms with E-state index in [1.807, 2.05) is 13.8 Å². The average molecular weight is 265 g/mol. The summed E-state index contributed by atoms with van der Waals surface area (Å²) >= 11 is 0. The van der Waals surface area contributed by atoms with Gasteiger partial charge in [-0.05, 0) is 18.9 Å². The fraction of sp³-hybridized carbons (Fsp3) is 0.500. The number of carbonyl (C=O) groups excluding carboxylic acids is 2. The van der Waals surface area contributed by atoms with Gasteiger partial charge >= 0.3 is 11.9 Å². The topological polar surface area (TPSA) is 65.5 Å². The molecule has 1 rings (SSSR count). The Kier molecular flexibility index (Phi) is 6.57. The average Bonchev–Trinajstić information content (AvgIpc) is 2.43. The molecule has 0 radical (unpaired) electrons. The second-order valence-electron chi connectivity index (χ2n) is 4.07. The first-order chi connectivity index (χ1) is 9.19. The number of carbonyl (C=O) groups is 2. The van der Waals surface area contributed by atoms with Crippen molar-refractivity contribution in [2.45, 2.75) is 39.2 Å². The molecule has 0 aliphatic heterocycles. The fourth-order valence-electron chi connectivity index (χ4n) is 1.46. The van der Waals surface area contributed by atoms with E-state index in [0.29, 0.717) is 25.0 Å². The summed E-state index contributed by atoms with van der Waals surface area (Å²) in [5.41, 5.74) is 0.521. The molecule has 0 saturated carbocycles. The second-order valence-corrected chi connectivity index (χ2v) is 4.07. The van der Waals surface area contributed by atoms with Crippen molar-refractivity contribution in [1.29, 1.82) is 0 Å². The molecule has 0 amide bonds. The lowest BCUT2D eigenvalue weighted by Gasteiger charge is -2.16. The maximum atomic E-state index is 11.9. The molecule has 5 heteroatoms. The molecule has 1 aromatic heterocycles. The Morgan fingerprint density at radius 2 is 2.11 bits per heavy atom. The van der Waals surface area contributed by atoms with Crippen molar-refractivity contribution in [1.82, 2.24) is 4.98 Å². The normalized spacial score (nSPS) is 11.7. The highest BCUT2D eigenvalue weighted by Crippen LogP contribution is 2.19. The molecule has 0 aliphatic carbocycles. The molecule has 0 aliphatic rings. The van der Waals surface area contributed by atoms with E-state index in [0.717, 1.165) is 0 Å². The minimum atomic E-state index is -1.03. The zero-order valence-electron chi connectivity index (χ0n) is 11.3. The molecule has 5 nitrogen and oxygen atoms in total. The summed E-state index contributed by atoms with van der Waals surface area (Å²) in [5.74, 6) is -0.968. The maximum absolute atomic E-state index is 11.9. The molecule has 0 bridgehead atoms. The zero-order chi connectivity index (χ0) is 14.1. The van der Waals surface area contributed by atoms with Gasteiger partial charge in [-0.2, -0.15) is 0 Å². The molecule has 1 atom stereocenters. The Labute approximate surface area is 112 Å². The number of hydrogen-bond donors (Lipinski definition) is 0. The van der Waals surface area contributed by atoms with Gasteiger partial charge in [0.15, 0.2) is 0 Å². The fourth-order valence-corrected chi connectivity index (χ4v) is 1.46. The van der Waals surface area contributed by atoms with E-state index in [2.05, 4.69) is 4.98 Å². The Bertz CT molecular complexity index is 405. The van der Waals surface area contributed by atoms with Crippen LogP contribution in [0, 0.1) is 0 Å². The summed E-state index contributed by atoms with van der Waals surface area (Å²) < 4.78 is 10.2. The lowest BCUT2D eigenvalue weighted by molar-refractivity contribution is -0.168. The lowest BCUT2D eigenvalue weighted by Crippen LogP contribution is -2.22. The van der Waals surface area contributed by atoms with E-state index >= 15 is 0 Å². The molecule has 0 N–H and O–H groups in total. The van der Waals surface area contributed by atoms with E-state index in [9.17, 15) is 9.59 Å². The third-order valence-corrected chi connectivity index (χ3v) is 2.35. The largest absolute Gasteiger partial charge is 0.463 e. The van der Waals surface area contributed by atoms with E-state index in [-0.39, 0.29) is 6.42 Å². The number of ether oxygens (including phenoxy) is 2. The number of aromatic nitrogens is 1. The van der Waals surface area contributed by atoms with Gasteiger partial charge in [0.1, 0.15) is 0 Å². The van der Waals surface area contributed by atoms with Crippen LogP contribution < -0.4 is 0 Å².